The normalized spacial score (nSPS) is 20.7. The topological polar surface area (TPSA) is 33.1 Å². The molecule has 1 atom stereocenters. The molecule has 2 rings (SSSR count). The van der Waals surface area contributed by atoms with Crippen molar-refractivity contribution in [3.05, 3.63) is 27.0 Å². The lowest BCUT2D eigenvalue weighted by Crippen LogP contribution is -2.14. The van der Waals surface area contributed by atoms with E-state index in [4.69, 9.17) is 0 Å². The number of aryl methyl sites for hydroxylation is 1. The van der Waals surface area contributed by atoms with Gasteiger partial charge in [-0.05, 0) is 44.2 Å². The van der Waals surface area contributed by atoms with Crippen molar-refractivity contribution >= 4 is 15.9 Å². The molecule has 1 aromatic heterocycles. The predicted octanol–water partition coefficient (Wildman–Crippen LogP) is 2.83. The van der Waals surface area contributed by atoms with Crippen molar-refractivity contribution in [2.75, 3.05) is 0 Å². The van der Waals surface area contributed by atoms with Crippen LogP contribution in [0.4, 0.5) is 0 Å². The number of aliphatic hydroxyl groups excluding tert-OH is 1. The summed E-state index contributed by atoms with van der Waals surface area (Å²) in [5.41, 5.74) is 4.28. The van der Waals surface area contributed by atoms with E-state index < -0.39 is 0 Å². The standard InChI is InChI=1S/C11H14BrNO/c1-6-7(2)13-11-8(10(6)12)4-3-5-9(11)14/h9,14H,3-5H2,1-2H3. The number of nitrogens with zero attached hydrogens (tertiary/aromatic N) is 1. The van der Waals surface area contributed by atoms with E-state index >= 15 is 0 Å². The van der Waals surface area contributed by atoms with Gasteiger partial charge in [0.2, 0.25) is 0 Å². The van der Waals surface area contributed by atoms with Crippen molar-refractivity contribution in [3.63, 3.8) is 0 Å². The van der Waals surface area contributed by atoms with Gasteiger partial charge in [0, 0.05) is 10.2 Å². The van der Waals surface area contributed by atoms with Gasteiger partial charge in [0.05, 0.1) is 11.8 Å². The highest BCUT2D eigenvalue weighted by Crippen LogP contribution is 2.35. The second kappa shape index (κ2) is 3.63. The van der Waals surface area contributed by atoms with E-state index in [9.17, 15) is 5.11 Å². The van der Waals surface area contributed by atoms with Crippen molar-refractivity contribution < 1.29 is 5.11 Å². The maximum absolute atomic E-state index is 9.82. The first-order valence-electron chi connectivity index (χ1n) is 4.94. The van der Waals surface area contributed by atoms with Crippen LogP contribution in [0.1, 0.15) is 41.5 Å². The Morgan fingerprint density at radius 1 is 1.43 bits per heavy atom. The van der Waals surface area contributed by atoms with Crippen LogP contribution in [0.3, 0.4) is 0 Å². The highest BCUT2D eigenvalue weighted by atomic mass is 79.9. The summed E-state index contributed by atoms with van der Waals surface area (Å²) in [4.78, 5) is 4.48. The number of halogens is 1. The van der Waals surface area contributed by atoms with Crippen LogP contribution in [0.25, 0.3) is 0 Å². The average molecular weight is 256 g/mol. The molecule has 0 amide bonds. The predicted molar refractivity (Wildman–Crippen MR) is 59.3 cm³/mol. The molecule has 1 aromatic rings. The summed E-state index contributed by atoms with van der Waals surface area (Å²) in [6.45, 7) is 4.05. The maximum atomic E-state index is 9.82. The molecule has 14 heavy (non-hydrogen) atoms. The van der Waals surface area contributed by atoms with Crippen LogP contribution in [0.2, 0.25) is 0 Å². The number of hydrogen-bond donors (Lipinski definition) is 1. The van der Waals surface area contributed by atoms with Gasteiger partial charge in [0.25, 0.3) is 0 Å². The first-order chi connectivity index (χ1) is 6.61. The van der Waals surface area contributed by atoms with Crippen LogP contribution < -0.4 is 0 Å². The van der Waals surface area contributed by atoms with Crippen LogP contribution in [0.15, 0.2) is 4.47 Å². The molecule has 1 unspecified atom stereocenters. The van der Waals surface area contributed by atoms with Crippen LogP contribution in [0.5, 0.6) is 0 Å². The lowest BCUT2D eigenvalue weighted by molar-refractivity contribution is 0.151. The number of aliphatic hydroxyl groups is 1. The molecule has 1 aliphatic rings. The lowest BCUT2D eigenvalue weighted by Gasteiger charge is -2.23. The van der Waals surface area contributed by atoms with Crippen molar-refractivity contribution in [2.24, 2.45) is 0 Å². The van der Waals surface area contributed by atoms with Gasteiger partial charge in [-0.25, -0.2) is 0 Å². The Balaban J connectivity index is 2.63. The Morgan fingerprint density at radius 3 is 2.86 bits per heavy atom. The minimum absolute atomic E-state index is 0.366. The van der Waals surface area contributed by atoms with E-state index in [-0.39, 0.29) is 6.10 Å². The van der Waals surface area contributed by atoms with Gasteiger partial charge in [0.15, 0.2) is 0 Å². The Bertz CT molecular complexity index is 376. The number of aromatic nitrogens is 1. The molecular formula is C11H14BrNO. The first kappa shape index (κ1) is 10.1. The second-order valence-corrected chi connectivity index (χ2v) is 4.70. The summed E-state index contributed by atoms with van der Waals surface area (Å²) < 4.78 is 1.14. The summed E-state index contributed by atoms with van der Waals surface area (Å²) in [6.07, 6.45) is 2.56. The summed E-state index contributed by atoms with van der Waals surface area (Å²) in [5, 5.41) is 9.82. The molecule has 1 N–H and O–H groups in total. The zero-order chi connectivity index (χ0) is 10.3. The van der Waals surface area contributed by atoms with Crippen molar-refractivity contribution in [3.8, 4) is 0 Å². The number of pyridine rings is 1. The van der Waals surface area contributed by atoms with Gasteiger partial charge in [-0.2, -0.15) is 0 Å². The third-order valence-corrected chi connectivity index (χ3v) is 4.03. The number of rotatable bonds is 0. The van der Waals surface area contributed by atoms with Crippen LogP contribution >= 0.6 is 15.9 Å². The van der Waals surface area contributed by atoms with Crippen molar-refractivity contribution in [1.82, 2.24) is 4.98 Å². The third-order valence-electron chi connectivity index (χ3n) is 2.95. The van der Waals surface area contributed by atoms with E-state index in [0.29, 0.717) is 0 Å². The largest absolute Gasteiger partial charge is 0.387 e. The van der Waals surface area contributed by atoms with Crippen LogP contribution in [-0.4, -0.2) is 10.1 Å². The monoisotopic (exact) mass is 255 g/mol. The van der Waals surface area contributed by atoms with Gasteiger partial charge in [-0.15, -0.1) is 0 Å². The molecule has 3 heteroatoms. The van der Waals surface area contributed by atoms with Crippen LogP contribution in [0, 0.1) is 13.8 Å². The van der Waals surface area contributed by atoms with Crippen molar-refractivity contribution in [1.29, 1.82) is 0 Å². The molecule has 0 fully saturated rings. The Labute approximate surface area is 92.5 Å². The fraction of sp³-hybridized carbons (Fsp3) is 0.545. The quantitative estimate of drug-likeness (QED) is 0.774. The van der Waals surface area contributed by atoms with Crippen LogP contribution in [-0.2, 0) is 6.42 Å². The first-order valence-corrected chi connectivity index (χ1v) is 5.74. The van der Waals surface area contributed by atoms with E-state index in [1.54, 1.807) is 0 Å². The molecule has 0 bridgehead atoms. The summed E-state index contributed by atoms with van der Waals surface area (Å²) in [7, 11) is 0. The average Bonchev–Trinajstić information content (AvgIpc) is 2.17. The summed E-state index contributed by atoms with van der Waals surface area (Å²) >= 11 is 3.59. The zero-order valence-electron chi connectivity index (χ0n) is 8.47. The summed E-state index contributed by atoms with van der Waals surface area (Å²) in [5.74, 6) is 0. The van der Waals surface area contributed by atoms with Gasteiger partial charge in [-0.3, -0.25) is 4.98 Å². The SMILES string of the molecule is Cc1nc2c(c(Br)c1C)CCCC2O. The molecule has 0 saturated carbocycles. The second-order valence-electron chi connectivity index (χ2n) is 3.91. The van der Waals surface area contributed by atoms with E-state index in [0.717, 1.165) is 35.1 Å². The fourth-order valence-electron chi connectivity index (χ4n) is 1.95. The van der Waals surface area contributed by atoms with Gasteiger partial charge < -0.3 is 5.11 Å². The Hall–Kier alpha value is -0.410. The smallest absolute Gasteiger partial charge is 0.0963 e. The third kappa shape index (κ3) is 1.48. The molecule has 0 saturated heterocycles. The summed E-state index contributed by atoms with van der Waals surface area (Å²) in [6, 6.07) is 0. The minimum atomic E-state index is -0.366. The van der Waals surface area contributed by atoms with Crippen molar-refractivity contribution in [2.45, 2.75) is 39.2 Å². The zero-order valence-corrected chi connectivity index (χ0v) is 10.1. The minimum Gasteiger partial charge on any atom is -0.387 e. The highest BCUT2D eigenvalue weighted by Gasteiger charge is 2.23. The Morgan fingerprint density at radius 2 is 2.14 bits per heavy atom. The molecule has 0 spiro atoms. The lowest BCUT2D eigenvalue weighted by atomic mass is 9.92. The molecule has 0 aliphatic heterocycles. The van der Waals surface area contributed by atoms with Gasteiger partial charge in [0.1, 0.15) is 0 Å². The molecular weight excluding hydrogens is 242 g/mol. The molecule has 76 valence electrons. The van der Waals surface area contributed by atoms with Gasteiger partial charge >= 0.3 is 0 Å². The molecule has 0 aromatic carbocycles. The van der Waals surface area contributed by atoms with E-state index in [1.165, 1.54) is 11.1 Å². The maximum Gasteiger partial charge on any atom is 0.0963 e. The van der Waals surface area contributed by atoms with E-state index in [1.807, 2.05) is 6.92 Å². The molecule has 1 heterocycles. The number of fused-ring (bicyclic) bond motifs is 1. The van der Waals surface area contributed by atoms with Gasteiger partial charge in [-0.1, -0.05) is 15.9 Å². The van der Waals surface area contributed by atoms with E-state index in [2.05, 4.69) is 27.8 Å². The fourth-order valence-corrected chi connectivity index (χ4v) is 2.64. The molecule has 1 aliphatic carbocycles. The molecule has 0 radical (unpaired) electrons. The molecule has 2 nitrogen and oxygen atoms in total. The highest BCUT2D eigenvalue weighted by molar-refractivity contribution is 9.10. The number of hydrogen-bond acceptors (Lipinski definition) is 2. The Kier molecular flexibility index (Phi) is 2.62.